The van der Waals surface area contributed by atoms with Crippen LogP contribution in [-0.2, 0) is 11.3 Å². The minimum absolute atomic E-state index is 0.0552. The zero-order valence-electron chi connectivity index (χ0n) is 19.2. The zero-order valence-corrected chi connectivity index (χ0v) is 19.2. The highest BCUT2D eigenvalue weighted by atomic mass is 16.5. The van der Waals surface area contributed by atoms with Crippen molar-refractivity contribution in [1.29, 1.82) is 0 Å². The number of hydrogen-bond donors (Lipinski definition) is 2. The van der Waals surface area contributed by atoms with E-state index in [2.05, 4.69) is 27.8 Å². The number of hydrogen-bond acceptors (Lipinski definition) is 5. The quantitative estimate of drug-likeness (QED) is 0.688. The number of aryl methyl sites for hydroxylation is 2. The molecule has 0 radical (unpaired) electrons. The van der Waals surface area contributed by atoms with Gasteiger partial charge in [-0.25, -0.2) is 0 Å². The second-order valence-electron chi connectivity index (χ2n) is 10.2. The SMILES string of the molecule is CCCCn1ncc(C(=O)NC2C3CC4CC2CC(NC(C)=O)(C4)C3)c1-c1cc(C)on1. The summed E-state index contributed by atoms with van der Waals surface area (Å²) in [5.74, 6) is 2.14. The van der Waals surface area contributed by atoms with Crippen LogP contribution in [-0.4, -0.2) is 38.3 Å². The van der Waals surface area contributed by atoms with Crippen molar-refractivity contribution in [3.05, 3.63) is 23.6 Å². The number of nitrogens with one attached hydrogen (secondary N) is 2. The summed E-state index contributed by atoms with van der Waals surface area (Å²) in [6.07, 6.45) is 8.94. The summed E-state index contributed by atoms with van der Waals surface area (Å²) in [4.78, 5) is 25.3. The molecule has 2 amide bonds. The fourth-order valence-electron chi connectivity index (χ4n) is 6.79. The first-order valence-corrected chi connectivity index (χ1v) is 12.0. The van der Waals surface area contributed by atoms with Gasteiger partial charge in [0.2, 0.25) is 5.91 Å². The van der Waals surface area contributed by atoms with Crippen molar-refractivity contribution in [3.8, 4) is 11.4 Å². The van der Waals surface area contributed by atoms with E-state index < -0.39 is 0 Å². The van der Waals surface area contributed by atoms with Gasteiger partial charge in [-0.3, -0.25) is 14.3 Å². The maximum atomic E-state index is 13.5. The van der Waals surface area contributed by atoms with Gasteiger partial charge in [-0.1, -0.05) is 18.5 Å². The van der Waals surface area contributed by atoms with Gasteiger partial charge in [0.25, 0.3) is 5.91 Å². The van der Waals surface area contributed by atoms with Crippen molar-refractivity contribution < 1.29 is 14.1 Å². The number of carbonyl (C=O) groups is 2. The van der Waals surface area contributed by atoms with Gasteiger partial charge >= 0.3 is 0 Å². The van der Waals surface area contributed by atoms with Crippen LogP contribution in [0.2, 0.25) is 0 Å². The molecule has 6 rings (SSSR count). The van der Waals surface area contributed by atoms with Gasteiger partial charge in [0, 0.05) is 31.1 Å². The van der Waals surface area contributed by atoms with Gasteiger partial charge in [0.15, 0.2) is 0 Å². The number of aromatic nitrogens is 3. The number of unbranched alkanes of at least 4 members (excludes halogenated alkanes) is 1. The van der Waals surface area contributed by atoms with Crippen LogP contribution >= 0.6 is 0 Å². The van der Waals surface area contributed by atoms with E-state index in [0.717, 1.165) is 57.2 Å². The highest BCUT2D eigenvalue weighted by molar-refractivity contribution is 5.99. The molecule has 2 heterocycles. The maximum Gasteiger partial charge on any atom is 0.255 e. The molecule has 4 aliphatic rings. The Morgan fingerprint density at radius 1 is 1.25 bits per heavy atom. The van der Waals surface area contributed by atoms with Crippen molar-refractivity contribution in [2.24, 2.45) is 17.8 Å². The minimum atomic E-state index is -0.0885. The van der Waals surface area contributed by atoms with E-state index in [1.54, 1.807) is 13.1 Å². The Morgan fingerprint density at radius 3 is 2.62 bits per heavy atom. The standard InChI is InChI=1S/C24H33N5O3/c1-4-5-6-29-22(20-7-14(2)32-28-20)19(13-25-29)23(31)26-21-17-8-16-9-18(21)12-24(10-16,11-17)27-15(3)30/h7,13,16-18,21H,4-6,8-12H2,1-3H3,(H,26,31)(H,27,30). The number of rotatable bonds is 7. The summed E-state index contributed by atoms with van der Waals surface area (Å²) < 4.78 is 7.17. The molecule has 4 saturated carbocycles. The molecule has 0 aromatic carbocycles. The Hall–Kier alpha value is -2.64. The summed E-state index contributed by atoms with van der Waals surface area (Å²) in [7, 11) is 0. The van der Waals surface area contributed by atoms with Gasteiger partial charge in [-0.05, 0) is 63.2 Å². The lowest BCUT2D eigenvalue weighted by Gasteiger charge is -2.60. The van der Waals surface area contributed by atoms with Crippen LogP contribution in [0, 0.1) is 24.7 Å². The first-order chi connectivity index (χ1) is 15.4. The topological polar surface area (TPSA) is 102 Å². The van der Waals surface area contributed by atoms with Crippen LogP contribution in [0.4, 0.5) is 0 Å². The predicted octanol–water partition coefficient (Wildman–Crippen LogP) is 3.46. The molecule has 2 aromatic heterocycles. The third-order valence-electron chi connectivity index (χ3n) is 7.69. The minimum Gasteiger partial charge on any atom is -0.361 e. The fraction of sp³-hybridized carbons (Fsp3) is 0.667. The van der Waals surface area contributed by atoms with Gasteiger partial charge in [0.05, 0.1) is 11.8 Å². The smallest absolute Gasteiger partial charge is 0.255 e. The molecule has 0 saturated heterocycles. The lowest BCUT2D eigenvalue weighted by atomic mass is 9.51. The first-order valence-electron chi connectivity index (χ1n) is 12.0. The van der Waals surface area contributed by atoms with Crippen LogP contribution in [0.3, 0.4) is 0 Å². The molecule has 0 spiro atoms. The molecule has 2 N–H and O–H groups in total. The van der Waals surface area contributed by atoms with E-state index >= 15 is 0 Å². The van der Waals surface area contributed by atoms with Crippen molar-refractivity contribution in [1.82, 2.24) is 25.6 Å². The second-order valence-corrected chi connectivity index (χ2v) is 10.2. The van der Waals surface area contributed by atoms with E-state index in [-0.39, 0.29) is 23.4 Å². The fourth-order valence-corrected chi connectivity index (χ4v) is 6.79. The molecule has 2 atom stereocenters. The van der Waals surface area contributed by atoms with Gasteiger partial charge in [-0.2, -0.15) is 5.10 Å². The largest absolute Gasteiger partial charge is 0.361 e. The van der Waals surface area contributed by atoms with Gasteiger partial charge in [0.1, 0.15) is 17.1 Å². The normalized spacial score (nSPS) is 30.5. The molecule has 8 heteroatoms. The summed E-state index contributed by atoms with van der Waals surface area (Å²) in [6.45, 7) is 6.33. The molecule has 32 heavy (non-hydrogen) atoms. The summed E-state index contributed by atoms with van der Waals surface area (Å²) in [5.41, 5.74) is 1.86. The molecule has 0 aliphatic heterocycles. The number of nitrogens with zero attached hydrogens (tertiary/aromatic N) is 3. The molecular formula is C24H33N5O3. The zero-order chi connectivity index (χ0) is 22.5. The van der Waals surface area contributed by atoms with Crippen molar-refractivity contribution in [2.45, 2.75) is 83.8 Å². The van der Waals surface area contributed by atoms with E-state index in [0.29, 0.717) is 34.8 Å². The van der Waals surface area contributed by atoms with Crippen molar-refractivity contribution >= 4 is 11.8 Å². The third kappa shape index (κ3) is 3.73. The van der Waals surface area contributed by atoms with Crippen LogP contribution in [0.15, 0.2) is 16.8 Å². The van der Waals surface area contributed by atoms with Crippen LogP contribution in [0.25, 0.3) is 11.4 Å². The Labute approximate surface area is 188 Å². The molecule has 8 nitrogen and oxygen atoms in total. The van der Waals surface area contributed by atoms with Crippen LogP contribution in [0.5, 0.6) is 0 Å². The Bertz CT molecular complexity index is 1010. The molecule has 4 aliphatic carbocycles. The average molecular weight is 440 g/mol. The number of amides is 2. The Kier molecular flexibility index (Phi) is 5.34. The molecule has 2 aromatic rings. The van der Waals surface area contributed by atoms with Gasteiger partial charge in [-0.15, -0.1) is 0 Å². The summed E-state index contributed by atoms with van der Waals surface area (Å²) >= 11 is 0. The molecular weight excluding hydrogens is 406 g/mol. The molecule has 172 valence electrons. The van der Waals surface area contributed by atoms with E-state index in [1.165, 1.54) is 0 Å². The van der Waals surface area contributed by atoms with Crippen molar-refractivity contribution in [3.63, 3.8) is 0 Å². The molecule has 4 bridgehead atoms. The first kappa shape index (κ1) is 21.2. The lowest BCUT2D eigenvalue weighted by Crippen LogP contribution is -2.66. The Balaban J connectivity index is 1.38. The average Bonchev–Trinajstić information content (AvgIpc) is 3.33. The van der Waals surface area contributed by atoms with E-state index in [9.17, 15) is 9.59 Å². The highest BCUT2D eigenvalue weighted by Crippen LogP contribution is 2.55. The lowest BCUT2D eigenvalue weighted by molar-refractivity contribution is -0.125. The van der Waals surface area contributed by atoms with E-state index in [4.69, 9.17) is 4.52 Å². The van der Waals surface area contributed by atoms with E-state index in [1.807, 2.05) is 17.7 Å². The second kappa shape index (κ2) is 8.05. The highest BCUT2D eigenvalue weighted by Gasteiger charge is 2.56. The summed E-state index contributed by atoms with van der Waals surface area (Å²) in [6, 6.07) is 2.00. The summed E-state index contributed by atoms with van der Waals surface area (Å²) in [5, 5.41) is 15.3. The molecule has 4 fully saturated rings. The predicted molar refractivity (Wildman–Crippen MR) is 119 cm³/mol. The van der Waals surface area contributed by atoms with Crippen LogP contribution in [0.1, 0.15) is 74.9 Å². The number of carbonyl (C=O) groups excluding carboxylic acids is 2. The maximum absolute atomic E-state index is 13.5. The third-order valence-corrected chi connectivity index (χ3v) is 7.69. The Morgan fingerprint density at radius 2 is 2.00 bits per heavy atom. The van der Waals surface area contributed by atoms with Crippen molar-refractivity contribution in [2.75, 3.05) is 0 Å². The monoisotopic (exact) mass is 439 g/mol. The van der Waals surface area contributed by atoms with Crippen LogP contribution < -0.4 is 10.6 Å². The van der Waals surface area contributed by atoms with Gasteiger partial charge < -0.3 is 15.2 Å². The molecule has 2 unspecified atom stereocenters.